The fourth-order valence-electron chi connectivity index (χ4n) is 1.28. The molecule has 4 nitrogen and oxygen atoms in total. The van der Waals surface area contributed by atoms with Crippen LogP contribution in [0.15, 0.2) is 31.0 Å². The quantitative estimate of drug-likeness (QED) is 0.716. The Bertz CT molecular complexity index is 370. The molecule has 0 N–H and O–H groups in total. The van der Waals surface area contributed by atoms with Gasteiger partial charge in [0.2, 0.25) is 5.91 Å². The molecular weight excluding hydrogens is 202 g/mol. The molecule has 0 bridgehead atoms. The number of pyridine rings is 1. The molecule has 0 fully saturated rings. The van der Waals surface area contributed by atoms with Gasteiger partial charge in [-0.25, -0.2) is 4.98 Å². The Morgan fingerprint density at radius 3 is 2.56 bits per heavy atom. The van der Waals surface area contributed by atoms with Crippen LogP contribution in [0.2, 0.25) is 0 Å². The summed E-state index contributed by atoms with van der Waals surface area (Å²) in [5.41, 5.74) is 1.00. The van der Waals surface area contributed by atoms with Gasteiger partial charge in [0.05, 0.1) is 0 Å². The van der Waals surface area contributed by atoms with Gasteiger partial charge in [-0.15, -0.1) is 0 Å². The smallest absolute Gasteiger partial charge is 0.245 e. The summed E-state index contributed by atoms with van der Waals surface area (Å²) in [5.74, 6) is 0.818. The molecule has 1 heterocycles. The maximum atomic E-state index is 11.3. The van der Waals surface area contributed by atoms with Crippen molar-refractivity contribution in [1.29, 1.82) is 0 Å². The molecule has 4 heteroatoms. The van der Waals surface area contributed by atoms with E-state index in [1.165, 1.54) is 6.08 Å². The van der Waals surface area contributed by atoms with Crippen molar-refractivity contribution in [2.45, 2.75) is 6.54 Å². The predicted molar refractivity (Wildman–Crippen MR) is 65.2 cm³/mol. The number of nitrogens with zero attached hydrogens (tertiary/aromatic N) is 3. The molecule has 0 unspecified atom stereocenters. The zero-order valence-electron chi connectivity index (χ0n) is 9.97. The summed E-state index contributed by atoms with van der Waals surface area (Å²) >= 11 is 0. The Morgan fingerprint density at radius 1 is 1.44 bits per heavy atom. The summed E-state index contributed by atoms with van der Waals surface area (Å²) in [4.78, 5) is 19.1. The highest BCUT2D eigenvalue weighted by Crippen LogP contribution is 2.09. The number of rotatable bonds is 4. The lowest BCUT2D eigenvalue weighted by Gasteiger charge is -2.16. The van der Waals surface area contributed by atoms with Gasteiger partial charge in [-0.1, -0.05) is 12.6 Å². The van der Waals surface area contributed by atoms with Crippen LogP contribution in [0, 0.1) is 0 Å². The monoisotopic (exact) mass is 219 g/mol. The molecule has 0 saturated heterocycles. The first-order valence-corrected chi connectivity index (χ1v) is 5.04. The Morgan fingerprint density at radius 2 is 2.12 bits per heavy atom. The van der Waals surface area contributed by atoms with Gasteiger partial charge in [0.1, 0.15) is 5.82 Å². The lowest BCUT2D eigenvalue weighted by Crippen LogP contribution is -2.24. The van der Waals surface area contributed by atoms with E-state index in [1.54, 1.807) is 18.1 Å². The summed E-state index contributed by atoms with van der Waals surface area (Å²) in [6.45, 7) is 3.99. The maximum absolute atomic E-state index is 11.3. The third-order valence-electron chi connectivity index (χ3n) is 2.24. The van der Waals surface area contributed by atoms with Crippen molar-refractivity contribution in [2.24, 2.45) is 0 Å². The lowest BCUT2D eigenvalue weighted by atomic mass is 10.2. The van der Waals surface area contributed by atoms with Crippen molar-refractivity contribution in [1.82, 2.24) is 9.88 Å². The van der Waals surface area contributed by atoms with E-state index in [-0.39, 0.29) is 5.91 Å². The molecule has 0 aromatic carbocycles. The van der Waals surface area contributed by atoms with E-state index in [1.807, 2.05) is 31.1 Å². The number of hydrogen-bond acceptors (Lipinski definition) is 3. The van der Waals surface area contributed by atoms with E-state index in [4.69, 9.17) is 0 Å². The van der Waals surface area contributed by atoms with Crippen LogP contribution in [0.5, 0.6) is 0 Å². The number of anilines is 1. The summed E-state index contributed by atoms with van der Waals surface area (Å²) in [6.07, 6.45) is 3.09. The van der Waals surface area contributed by atoms with E-state index in [2.05, 4.69) is 11.6 Å². The average molecular weight is 219 g/mol. The first-order valence-electron chi connectivity index (χ1n) is 5.04. The first kappa shape index (κ1) is 12.2. The van der Waals surface area contributed by atoms with E-state index in [0.29, 0.717) is 6.54 Å². The van der Waals surface area contributed by atoms with Crippen LogP contribution in [0.4, 0.5) is 5.82 Å². The number of carbonyl (C=O) groups is 1. The minimum atomic E-state index is -0.0864. The van der Waals surface area contributed by atoms with Gasteiger partial charge in [-0.3, -0.25) is 4.79 Å². The number of aromatic nitrogens is 1. The van der Waals surface area contributed by atoms with Crippen molar-refractivity contribution in [2.75, 3.05) is 26.0 Å². The van der Waals surface area contributed by atoms with E-state index < -0.39 is 0 Å². The van der Waals surface area contributed by atoms with Crippen LogP contribution in [0.3, 0.4) is 0 Å². The van der Waals surface area contributed by atoms with Gasteiger partial charge < -0.3 is 9.80 Å². The number of carbonyl (C=O) groups excluding carboxylic acids is 1. The molecule has 0 atom stereocenters. The number of likely N-dealkylation sites (N-methyl/N-ethyl adjacent to an activating group) is 1. The molecule has 1 rings (SSSR count). The van der Waals surface area contributed by atoms with Gasteiger partial charge in [0.25, 0.3) is 0 Å². The molecule has 86 valence electrons. The van der Waals surface area contributed by atoms with Gasteiger partial charge in [0.15, 0.2) is 0 Å². The molecular formula is C12H17N3O. The minimum Gasteiger partial charge on any atom is -0.363 e. The highest BCUT2D eigenvalue weighted by molar-refractivity contribution is 5.86. The first-order chi connectivity index (χ1) is 7.54. The van der Waals surface area contributed by atoms with Crippen LogP contribution in [0.25, 0.3) is 0 Å². The molecule has 0 radical (unpaired) electrons. The largest absolute Gasteiger partial charge is 0.363 e. The molecule has 1 aromatic heterocycles. The molecule has 0 saturated carbocycles. The van der Waals surface area contributed by atoms with Crippen LogP contribution in [-0.2, 0) is 11.3 Å². The summed E-state index contributed by atoms with van der Waals surface area (Å²) in [7, 11) is 5.62. The Labute approximate surface area is 96.2 Å². The number of hydrogen-bond donors (Lipinski definition) is 0. The molecule has 1 aromatic rings. The van der Waals surface area contributed by atoms with Crippen molar-refractivity contribution in [3.05, 3.63) is 36.5 Å². The average Bonchev–Trinajstić information content (AvgIpc) is 2.28. The van der Waals surface area contributed by atoms with Gasteiger partial charge in [-0.05, 0) is 17.7 Å². The fraction of sp³-hybridized carbons (Fsp3) is 0.333. The Hall–Kier alpha value is -1.84. The van der Waals surface area contributed by atoms with Gasteiger partial charge in [0, 0.05) is 33.9 Å². The van der Waals surface area contributed by atoms with Crippen molar-refractivity contribution >= 4 is 11.7 Å². The SMILES string of the molecule is C=CC(=O)N(C)Cc1ccc(N(C)C)nc1. The predicted octanol–water partition coefficient (Wildman–Crippen LogP) is 1.29. The summed E-state index contributed by atoms with van der Waals surface area (Å²) in [5, 5.41) is 0. The Balaban J connectivity index is 2.68. The van der Waals surface area contributed by atoms with Gasteiger partial charge in [-0.2, -0.15) is 0 Å². The molecule has 16 heavy (non-hydrogen) atoms. The minimum absolute atomic E-state index is 0.0864. The summed E-state index contributed by atoms with van der Waals surface area (Å²) < 4.78 is 0. The Kier molecular flexibility index (Phi) is 4.05. The van der Waals surface area contributed by atoms with E-state index >= 15 is 0 Å². The second-order valence-corrected chi connectivity index (χ2v) is 3.82. The number of amides is 1. The van der Waals surface area contributed by atoms with Crippen molar-refractivity contribution in [3.8, 4) is 0 Å². The second-order valence-electron chi connectivity index (χ2n) is 3.82. The molecule has 0 aliphatic carbocycles. The zero-order chi connectivity index (χ0) is 12.1. The second kappa shape index (κ2) is 5.30. The van der Waals surface area contributed by atoms with Crippen molar-refractivity contribution in [3.63, 3.8) is 0 Å². The van der Waals surface area contributed by atoms with E-state index in [9.17, 15) is 4.79 Å². The highest BCUT2D eigenvalue weighted by Gasteiger charge is 2.05. The topological polar surface area (TPSA) is 36.4 Å². The van der Waals surface area contributed by atoms with Gasteiger partial charge >= 0.3 is 0 Å². The molecule has 0 aliphatic rings. The van der Waals surface area contributed by atoms with Crippen LogP contribution in [0.1, 0.15) is 5.56 Å². The molecule has 0 spiro atoms. The van der Waals surface area contributed by atoms with Crippen LogP contribution >= 0.6 is 0 Å². The third kappa shape index (κ3) is 3.08. The standard InChI is InChI=1S/C12H17N3O/c1-5-12(16)15(4)9-10-6-7-11(13-8-10)14(2)3/h5-8H,1,9H2,2-4H3. The fourth-order valence-corrected chi connectivity index (χ4v) is 1.28. The molecule has 1 amide bonds. The maximum Gasteiger partial charge on any atom is 0.245 e. The zero-order valence-corrected chi connectivity index (χ0v) is 9.97. The molecule has 0 aliphatic heterocycles. The summed E-state index contributed by atoms with van der Waals surface area (Å²) in [6, 6.07) is 3.90. The van der Waals surface area contributed by atoms with Crippen LogP contribution < -0.4 is 4.90 Å². The van der Waals surface area contributed by atoms with Crippen LogP contribution in [-0.4, -0.2) is 36.9 Å². The normalized spacial score (nSPS) is 9.69. The third-order valence-corrected chi connectivity index (χ3v) is 2.24. The van der Waals surface area contributed by atoms with Crippen molar-refractivity contribution < 1.29 is 4.79 Å². The lowest BCUT2D eigenvalue weighted by molar-refractivity contribution is -0.125. The van der Waals surface area contributed by atoms with E-state index in [0.717, 1.165) is 11.4 Å². The highest BCUT2D eigenvalue weighted by atomic mass is 16.2.